The van der Waals surface area contributed by atoms with Gasteiger partial charge in [0.2, 0.25) is 0 Å². The molecule has 0 unspecified atom stereocenters. The van der Waals surface area contributed by atoms with Crippen LogP contribution in [0.3, 0.4) is 0 Å². The lowest BCUT2D eigenvalue weighted by atomic mass is 9.79. The minimum Gasteiger partial charge on any atom is -0.481 e. The molecule has 4 heteroatoms. The fourth-order valence-electron chi connectivity index (χ4n) is 2.45. The van der Waals surface area contributed by atoms with Gasteiger partial charge in [0, 0.05) is 26.3 Å². The summed E-state index contributed by atoms with van der Waals surface area (Å²) in [6.07, 6.45) is 1.27. The maximum atomic E-state index is 11.5. The van der Waals surface area contributed by atoms with Crippen molar-refractivity contribution in [3.05, 3.63) is 0 Å². The van der Waals surface area contributed by atoms with Crippen LogP contribution in [0.1, 0.15) is 33.6 Å². The first-order chi connectivity index (χ1) is 8.00. The Hall–Kier alpha value is -0.610. The van der Waals surface area contributed by atoms with Crippen LogP contribution in [0.25, 0.3) is 0 Å². The van der Waals surface area contributed by atoms with E-state index in [1.807, 2.05) is 0 Å². The summed E-state index contributed by atoms with van der Waals surface area (Å²) < 4.78 is 5.29. The first kappa shape index (κ1) is 14.5. The SMILES string of the molecule is CCN(CC(C)C)CC1(C(=O)O)CCOCC1. The van der Waals surface area contributed by atoms with E-state index in [0.29, 0.717) is 38.5 Å². The molecule has 1 saturated heterocycles. The number of nitrogens with zero attached hydrogens (tertiary/aromatic N) is 1. The second-order valence-corrected chi connectivity index (χ2v) is 5.42. The quantitative estimate of drug-likeness (QED) is 0.773. The standard InChI is InChI=1S/C13H25NO3/c1-4-14(9-11(2)3)10-13(12(15)16)5-7-17-8-6-13/h11H,4-10H2,1-3H3,(H,15,16). The normalized spacial score (nSPS) is 19.8. The van der Waals surface area contributed by atoms with Crippen molar-refractivity contribution in [1.82, 2.24) is 4.90 Å². The first-order valence-electron chi connectivity index (χ1n) is 6.53. The van der Waals surface area contributed by atoms with Gasteiger partial charge < -0.3 is 14.7 Å². The van der Waals surface area contributed by atoms with Crippen molar-refractivity contribution in [2.45, 2.75) is 33.6 Å². The van der Waals surface area contributed by atoms with E-state index in [-0.39, 0.29) is 0 Å². The molecule has 100 valence electrons. The van der Waals surface area contributed by atoms with Crippen LogP contribution in [0.4, 0.5) is 0 Å². The number of hydrogen-bond donors (Lipinski definition) is 1. The number of hydrogen-bond acceptors (Lipinski definition) is 3. The lowest BCUT2D eigenvalue weighted by Gasteiger charge is -2.37. The Labute approximate surface area is 104 Å². The van der Waals surface area contributed by atoms with Gasteiger partial charge in [0.05, 0.1) is 5.41 Å². The van der Waals surface area contributed by atoms with Crippen molar-refractivity contribution < 1.29 is 14.6 Å². The molecule has 0 aliphatic carbocycles. The highest BCUT2D eigenvalue weighted by Gasteiger charge is 2.41. The van der Waals surface area contributed by atoms with Crippen molar-refractivity contribution in [2.24, 2.45) is 11.3 Å². The van der Waals surface area contributed by atoms with Gasteiger partial charge in [-0.3, -0.25) is 4.79 Å². The van der Waals surface area contributed by atoms with Crippen molar-refractivity contribution in [3.8, 4) is 0 Å². The van der Waals surface area contributed by atoms with Gasteiger partial charge in [0.15, 0.2) is 0 Å². The largest absolute Gasteiger partial charge is 0.481 e. The molecule has 1 aliphatic heterocycles. The number of carbonyl (C=O) groups is 1. The van der Waals surface area contributed by atoms with Gasteiger partial charge in [0.1, 0.15) is 0 Å². The lowest BCUT2D eigenvalue weighted by Crippen LogP contribution is -2.47. The maximum Gasteiger partial charge on any atom is 0.311 e. The van der Waals surface area contributed by atoms with Crippen LogP contribution in [0.2, 0.25) is 0 Å². The molecule has 0 aromatic heterocycles. The van der Waals surface area contributed by atoms with Gasteiger partial charge in [-0.1, -0.05) is 20.8 Å². The van der Waals surface area contributed by atoms with Gasteiger partial charge in [-0.15, -0.1) is 0 Å². The Morgan fingerprint density at radius 1 is 1.41 bits per heavy atom. The number of carboxylic acids is 1. The number of aliphatic carboxylic acids is 1. The maximum absolute atomic E-state index is 11.5. The van der Waals surface area contributed by atoms with Crippen molar-refractivity contribution >= 4 is 5.97 Å². The second kappa shape index (κ2) is 6.36. The third-order valence-electron chi connectivity index (χ3n) is 3.50. The molecule has 0 spiro atoms. The molecular weight excluding hydrogens is 218 g/mol. The smallest absolute Gasteiger partial charge is 0.311 e. The summed E-state index contributed by atoms with van der Waals surface area (Å²) >= 11 is 0. The van der Waals surface area contributed by atoms with E-state index in [2.05, 4.69) is 25.7 Å². The van der Waals surface area contributed by atoms with Crippen LogP contribution in [-0.2, 0) is 9.53 Å². The fraction of sp³-hybridized carbons (Fsp3) is 0.923. The van der Waals surface area contributed by atoms with Crippen LogP contribution < -0.4 is 0 Å². The highest BCUT2D eigenvalue weighted by Crippen LogP contribution is 2.32. The molecule has 0 aromatic rings. The molecule has 17 heavy (non-hydrogen) atoms. The first-order valence-corrected chi connectivity index (χ1v) is 6.53. The van der Waals surface area contributed by atoms with Gasteiger partial charge in [-0.25, -0.2) is 0 Å². The van der Waals surface area contributed by atoms with Crippen molar-refractivity contribution in [1.29, 1.82) is 0 Å². The highest BCUT2D eigenvalue weighted by atomic mass is 16.5. The summed E-state index contributed by atoms with van der Waals surface area (Å²) in [6.45, 7) is 10.1. The van der Waals surface area contributed by atoms with Gasteiger partial charge in [-0.05, 0) is 25.3 Å². The monoisotopic (exact) mass is 243 g/mol. The van der Waals surface area contributed by atoms with Crippen LogP contribution >= 0.6 is 0 Å². The van der Waals surface area contributed by atoms with E-state index < -0.39 is 11.4 Å². The Balaban J connectivity index is 2.67. The molecule has 1 rings (SSSR count). The topological polar surface area (TPSA) is 49.8 Å². The molecule has 1 N–H and O–H groups in total. The number of ether oxygens (including phenoxy) is 1. The molecule has 0 amide bonds. The average Bonchev–Trinajstić information content (AvgIpc) is 2.28. The number of rotatable bonds is 6. The Morgan fingerprint density at radius 2 is 2.00 bits per heavy atom. The van der Waals surface area contributed by atoms with Crippen LogP contribution in [0, 0.1) is 11.3 Å². The summed E-state index contributed by atoms with van der Waals surface area (Å²) in [5, 5.41) is 9.49. The summed E-state index contributed by atoms with van der Waals surface area (Å²) in [6, 6.07) is 0. The zero-order chi connectivity index (χ0) is 12.9. The predicted octanol–water partition coefficient (Wildman–Crippen LogP) is 1.85. The van der Waals surface area contributed by atoms with E-state index in [1.54, 1.807) is 0 Å². The second-order valence-electron chi connectivity index (χ2n) is 5.42. The van der Waals surface area contributed by atoms with E-state index in [1.165, 1.54) is 0 Å². The summed E-state index contributed by atoms with van der Waals surface area (Å²) in [4.78, 5) is 13.8. The van der Waals surface area contributed by atoms with Gasteiger partial charge in [-0.2, -0.15) is 0 Å². The third-order valence-corrected chi connectivity index (χ3v) is 3.50. The van der Waals surface area contributed by atoms with E-state index in [0.717, 1.165) is 13.1 Å². The molecule has 1 aliphatic rings. The van der Waals surface area contributed by atoms with E-state index in [9.17, 15) is 9.90 Å². The van der Waals surface area contributed by atoms with Crippen LogP contribution in [-0.4, -0.2) is 48.8 Å². The number of carboxylic acid groups (broad SMARTS) is 1. The van der Waals surface area contributed by atoms with Crippen molar-refractivity contribution in [3.63, 3.8) is 0 Å². The molecule has 1 heterocycles. The third kappa shape index (κ3) is 3.96. The average molecular weight is 243 g/mol. The minimum absolute atomic E-state index is 0.570. The van der Waals surface area contributed by atoms with Gasteiger partial charge in [0.25, 0.3) is 0 Å². The zero-order valence-electron chi connectivity index (χ0n) is 11.2. The zero-order valence-corrected chi connectivity index (χ0v) is 11.2. The van der Waals surface area contributed by atoms with Crippen LogP contribution in [0.5, 0.6) is 0 Å². The minimum atomic E-state index is -0.664. The molecular formula is C13H25NO3. The molecule has 0 saturated carbocycles. The molecule has 0 aromatic carbocycles. The van der Waals surface area contributed by atoms with Crippen molar-refractivity contribution in [2.75, 3.05) is 32.8 Å². The molecule has 1 fully saturated rings. The van der Waals surface area contributed by atoms with Crippen LogP contribution in [0.15, 0.2) is 0 Å². The molecule has 0 atom stereocenters. The highest BCUT2D eigenvalue weighted by molar-refractivity contribution is 5.75. The summed E-state index contributed by atoms with van der Waals surface area (Å²) in [7, 11) is 0. The van der Waals surface area contributed by atoms with Gasteiger partial charge >= 0.3 is 5.97 Å². The summed E-state index contributed by atoms with van der Waals surface area (Å²) in [5.74, 6) is -0.0939. The Kier molecular flexibility index (Phi) is 5.40. The van der Waals surface area contributed by atoms with E-state index in [4.69, 9.17) is 4.74 Å². The molecule has 0 bridgehead atoms. The van der Waals surface area contributed by atoms with E-state index >= 15 is 0 Å². The Bertz CT molecular complexity index is 247. The molecule has 4 nitrogen and oxygen atoms in total. The lowest BCUT2D eigenvalue weighted by molar-refractivity contribution is -0.156. The predicted molar refractivity (Wildman–Crippen MR) is 67.1 cm³/mol. The fourth-order valence-corrected chi connectivity index (χ4v) is 2.45. The summed E-state index contributed by atoms with van der Waals surface area (Å²) in [5.41, 5.74) is -0.594. The Morgan fingerprint density at radius 3 is 2.41 bits per heavy atom. The molecule has 0 radical (unpaired) electrons.